The maximum absolute atomic E-state index is 12.7. The van der Waals surface area contributed by atoms with E-state index in [1.807, 2.05) is 0 Å². The first-order chi connectivity index (χ1) is 9.97. The number of imidazole rings is 1. The molecule has 1 heterocycles. The van der Waals surface area contributed by atoms with Crippen molar-refractivity contribution in [2.75, 3.05) is 6.61 Å². The third-order valence-corrected chi connectivity index (χ3v) is 2.87. The first-order valence-corrected chi connectivity index (χ1v) is 6.20. The van der Waals surface area contributed by atoms with E-state index in [-0.39, 0.29) is 24.8 Å². The van der Waals surface area contributed by atoms with Gasteiger partial charge in [0.2, 0.25) is 0 Å². The van der Waals surface area contributed by atoms with E-state index in [4.69, 9.17) is 4.74 Å². The molecule has 0 aliphatic heterocycles. The zero-order valence-electron chi connectivity index (χ0n) is 11.3. The van der Waals surface area contributed by atoms with Gasteiger partial charge in [-0.25, -0.2) is 13.9 Å². The van der Waals surface area contributed by atoms with Crippen molar-refractivity contribution in [2.45, 2.75) is 19.6 Å². The normalized spacial score (nSPS) is 12.1. The Morgan fingerprint density at radius 3 is 2.76 bits per heavy atom. The first-order valence-electron chi connectivity index (χ1n) is 6.20. The van der Waals surface area contributed by atoms with Gasteiger partial charge in [0.1, 0.15) is 37.0 Å². The molecule has 1 aromatic carbocycles. The highest BCUT2D eigenvalue weighted by Crippen LogP contribution is 2.15. The SMILES string of the molecule is Cc1ncc([N+](=O)[O-])n1CC(O)COc1ccc(F)cc1. The van der Waals surface area contributed by atoms with Crippen LogP contribution in [0, 0.1) is 22.9 Å². The van der Waals surface area contributed by atoms with Crippen LogP contribution in [0.5, 0.6) is 5.75 Å². The predicted molar refractivity (Wildman–Crippen MR) is 71.5 cm³/mol. The van der Waals surface area contributed by atoms with Crippen molar-refractivity contribution in [3.05, 3.63) is 52.2 Å². The van der Waals surface area contributed by atoms with Crippen molar-refractivity contribution in [3.63, 3.8) is 0 Å². The lowest BCUT2D eigenvalue weighted by molar-refractivity contribution is -0.392. The lowest BCUT2D eigenvalue weighted by Gasteiger charge is -2.12. The number of aryl methyl sites for hydroxylation is 1. The van der Waals surface area contributed by atoms with E-state index in [1.54, 1.807) is 6.92 Å². The fourth-order valence-electron chi connectivity index (χ4n) is 1.81. The molecule has 1 unspecified atom stereocenters. The summed E-state index contributed by atoms with van der Waals surface area (Å²) in [4.78, 5) is 14.1. The molecule has 0 bridgehead atoms. The molecule has 1 aromatic heterocycles. The van der Waals surface area contributed by atoms with Crippen molar-refractivity contribution < 1.29 is 19.2 Å². The largest absolute Gasteiger partial charge is 0.491 e. The minimum absolute atomic E-state index is 0.0106. The molecule has 21 heavy (non-hydrogen) atoms. The molecular weight excluding hydrogens is 281 g/mol. The number of hydrogen-bond acceptors (Lipinski definition) is 5. The Bertz CT molecular complexity index is 627. The van der Waals surface area contributed by atoms with Crippen LogP contribution in [0.25, 0.3) is 0 Å². The molecule has 2 rings (SSSR count). The van der Waals surface area contributed by atoms with E-state index in [0.29, 0.717) is 11.6 Å². The molecule has 0 spiro atoms. The summed E-state index contributed by atoms with van der Waals surface area (Å²) in [5, 5.41) is 20.7. The average Bonchev–Trinajstić information content (AvgIpc) is 2.80. The molecule has 8 heteroatoms. The Balaban J connectivity index is 1.96. The van der Waals surface area contributed by atoms with Crippen molar-refractivity contribution in [3.8, 4) is 5.75 Å². The molecular formula is C13H14FN3O4. The number of ether oxygens (including phenoxy) is 1. The lowest BCUT2D eigenvalue weighted by Crippen LogP contribution is -2.24. The van der Waals surface area contributed by atoms with E-state index < -0.39 is 11.0 Å². The Labute approximate surface area is 119 Å². The van der Waals surface area contributed by atoms with Gasteiger partial charge in [0.25, 0.3) is 0 Å². The van der Waals surface area contributed by atoms with Crippen LogP contribution in [-0.2, 0) is 6.54 Å². The summed E-state index contributed by atoms with van der Waals surface area (Å²) < 4.78 is 19.3. The van der Waals surface area contributed by atoms with Gasteiger partial charge in [0, 0.05) is 6.92 Å². The van der Waals surface area contributed by atoms with Crippen LogP contribution in [0.4, 0.5) is 10.2 Å². The van der Waals surface area contributed by atoms with Gasteiger partial charge in [0.05, 0.1) is 0 Å². The van der Waals surface area contributed by atoms with Crippen LogP contribution in [0.15, 0.2) is 30.5 Å². The van der Waals surface area contributed by atoms with Gasteiger partial charge in [-0.1, -0.05) is 0 Å². The lowest BCUT2D eigenvalue weighted by atomic mass is 10.3. The second-order valence-electron chi connectivity index (χ2n) is 4.45. The molecule has 0 saturated carbocycles. The molecule has 0 saturated heterocycles. The second kappa shape index (κ2) is 6.31. The number of aliphatic hydroxyl groups is 1. The third kappa shape index (κ3) is 3.76. The number of benzene rings is 1. The highest BCUT2D eigenvalue weighted by atomic mass is 19.1. The Morgan fingerprint density at radius 1 is 1.48 bits per heavy atom. The number of nitrogens with zero attached hydrogens (tertiary/aromatic N) is 3. The van der Waals surface area contributed by atoms with Crippen LogP contribution >= 0.6 is 0 Å². The summed E-state index contributed by atoms with van der Waals surface area (Å²) in [5.41, 5.74) is 0. The quantitative estimate of drug-likeness (QED) is 0.646. The molecule has 1 atom stereocenters. The maximum Gasteiger partial charge on any atom is 0.342 e. The number of aromatic nitrogens is 2. The zero-order chi connectivity index (χ0) is 15.4. The van der Waals surface area contributed by atoms with Gasteiger partial charge >= 0.3 is 5.82 Å². The minimum Gasteiger partial charge on any atom is -0.491 e. The number of hydrogen-bond donors (Lipinski definition) is 1. The summed E-state index contributed by atoms with van der Waals surface area (Å²) in [7, 11) is 0. The van der Waals surface area contributed by atoms with Gasteiger partial charge in [-0.3, -0.25) is 0 Å². The van der Waals surface area contributed by atoms with Crippen molar-refractivity contribution in [1.29, 1.82) is 0 Å². The minimum atomic E-state index is -0.957. The Hall–Kier alpha value is -2.48. The number of nitro groups is 1. The zero-order valence-corrected chi connectivity index (χ0v) is 11.3. The van der Waals surface area contributed by atoms with E-state index in [9.17, 15) is 19.6 Å². The van der Waals surface area contributed by atoms with Crippen LogP contribution in [0.1, 0.15) is 5.82 Å². The summed E-state index contributed by atoms with van der Waals surface area (Å²) >= 11 is 0. The smallest absolute Gasteiger partial charge is 0.342 e. The fourth-order valence-corrected chi connectivity index (χ4v) is 1.81. The topological polar surface area (TPSA) is 90.4 Å². The molecule has 0 aliphatic carbocycles. The van der Waals surface area contributed by atoms with Gasteiger partial charge in [0.15, 0.2) is 5.82 Å². The van der Waals surface area contributed by atoms with Gasteiger partial charge in [-0.05, 0) is 29.2 Å². The average molecular weight is 295 g/mol. The highest BCUT2D eigenvalue weighted by Gasteiger charge is 2.20. The van der Waals surface area contributed by atoms with Gasteiger partial charge in [-0.2, -0.15) is 0 Å². The van der Waals surface area contributed by atoms with Crippen molar-refractivity contribution >= 4 is 5.82 Å². The van der Waals surface area contributed by atoms with Crippen LogP contribution < -0.4 is 4.74 Å². The number of aliphatic hydroxyl groups excluding tert-OH is 1. The summed E-state index contributed by atoms with van der Waals surface area (Å²) in [5.74, 6) is 0.274. The van der Waals surface area contributed by atoms with Gasteiger partial charge in [-0.15, -0.1) is 0 Å². The molecule has 1 N–H and O–H groups in total. The van der Waals surface area contributed by atoms with Crippen molar-refractivity contribution in [1.82, 2.24) is 9.55 Å². The molecule has 0 amide bonds. The first kappa shape index (κ1) is 14.9. The molecule has 0 aliphatic rings. The molecule has 112 valence electrons. The Morgan fingerprint density at radius 2 is 2.14 bits per heavy atom. The standard InChI is InChI=1S/C13H14FN3O4/c1-9-15-6-13(17(19)20)16(9)7-11(18)8-21-12-4-2-10(14)3-5-12/h2-6,11,18H,7-8H2,1H3. The number of rotatable bonds is 6. The van der Waals surface area contributed by atoms with Gasteiger partial charge < -0.3 is 20.0 Å². The van der Waals surface area contributed by atoms with Crippen LogP contribution in [0.3, 0.4) is 0 Å². The van der Waals surface area contributed by atoms with Crippen LogP contribution in [-0.4, -0.2) is 32.3 Å². The maximum atomic E-state index is 12.7. The molecule has 0 radical (unpaired) electrons. The van der Waals surface area contributed by atoms with Crippen molar-refractivity contribution in [2.24, 2.45) is 0 Å². The second-order valence-corrected chi connectivity index (χ2v) is 4.45. The summed E-state index contributed by atoms with van der Waals surface area (Å²) in [6.07, 6.45) is 0.185. The molecule has 2 aromatic rings. The van der Waals surface area contributed by atoms with E-state index >= 15 is 0 Å². The third-order valence-electron chi connectivity index (χ3n) is 2.87. The molecule has 0 fully saturated rings. The molecule has 7 nitrogen and oxygen atoms in total. The summed E-state index contributed by atoms with van der Waals surface area (Å²) in [6, 6.07) is 5.36. The predicted octanol–water partition coefficient (Wildman–Crippen LogP) is 1.68. The van der Waals surface area contributed by atoms with E-state index in [1.165, 1.54) is 28.8 Å². The monoisotopic (exact) mass is 295 g/mol. The summed E-state index contributed by atoms with van der Waals surface area (Å²) in [6.45, 7) is 1.53. The van der Waals surface area contributed by atoms with E-state index in [2.05, 4.69) is 4.98 Å². The van der Waals surface area contributed by atoms with Crippen LogP contribution in [0.2, 0.25) is 0 Å². The number of halogens is 1. The highest BCUT2D eigenvalue weighted by molar-refractivity contribution is 5.22. The van der Waals surface area contributed by atoms with E-state index in [0.717, 1.165) is 6.20 Å². The fraction of sp³-hybridized carbons (Fsp3) is 0.308. The Kier molecular flexibility index (Phi) is 4.49.